The fraction of sp³-hybridized carbons (Fsp3) is 0.321. The van der Waals surface area contributed by atoms with Crippen molar-refractivity contribution < 1.29 is 35.6 Å². The number of nitrogen functional groups attached to an aromatic ring is 1. The van der Waals surface area contributed by atoms with Crippen molar-refractivity contribution in [2.45, 2.75) is 43.7 Å². The minimum atomic E-state index is -4.81. The smallest absolute Gasteiger partial charge is 0.382 e. The van der Waals surface area contributed by atoms with Gasteiger partial charge in [0.2, 0.25) is 11.8 Å². The number of aromatic nitrogens is 3. The van der Waals surface area contributed by atoms with Crippen molar-refractivity contribution in [1.29, 1.82) is 5.26 Å². The molecule has 0 bridgehead atoms. The Labute approximate surface area is 258 Å². The molecule has 45 heavy (non-hydrogen) atoms. The highest BCUT2D eigenvalue weighted by atomic mass is 32.2. The van der Waals surface area contributed by atoms with Gasteiger partial charge in [-0.3, -0.25) is 9.59 Å². The molecule has 11 nitrogen and oxygen atoms in total. The van der Waals surface area contributed by atoms with E-state index in [1.165, 1.54) is 10.7 Å². The maximum Gasteiger partial charge on any atom is 0.390 e. The number of alkyl halides is 3. The first-order valence-corrected chi connectivity index (χ1v) is 16.0. The summed E-state index contributed by atoms with van der Waals surface area (Å²) in [4.78, 5) is 29.2. The summed E-state index contributed by atoms with van der Waals surface area (Å²) >= 11 is 0.714. The molecular formula is C28H25F4N7O4S2. The number of carbonyl (C=O) groups is 2. The van der Waals surface area contributed by atoms with E-state index in [0.717, 1.165) is 18.9 Å². The molecule has 1 aliphatic rings. The average Bonchev–Trinajstić information content (AvgIpc) is 3.62. The Morgan fingerprint density at radius 1 is 1.22 bits per heavy atom. The van der Waals surface area contributed by atoms with Crippen molar-refractivity contribution in [3.63, 3.8) is 0 Å². The van der Waals surface area contributed by atoms with Gasteiger partial charge in [0.25, 0.3) is 0 Å². The Hall–Kier alpha value is -4.56. The lowest BCUT2D eigenvalue weighted by atomic mass is 10.0. The number of aryl methyl sites for hydroxylation is 1. The van der Waals surface area contributed by atoms with Crippen LogP contribution in [-0.4, -0.2) is 59.5 Å². The van der Waals surface area contributed by atoms with Crippen molar-refractivity contribution in [1.82, 2.24) is 25.4 Å². The highest BCUT2D eigenvalue weighted by Crippen LogP contribution is 2.36. The summed E-state index contributed by atoms with van der Waals surface area (Å²) < 4.78 is 81.9. The van der Waals surface area contributed by atoms with E-state index >= 15 is 4.39 Å². The van der Waals surface area contributed by atoms with Gasteiger partial charge >= 0.3 is 6.18 Å². The van der Waals surface area contributed by atoms with Crippen molar-refractivity contribution in [2.24, 2.45) is 0 Å². The number of benzene rings is 2. The quantitative estimate of drug-likeness (QED) is 0.215. The molecule has 1 atom stereocenters. The van der Waals surface area contributed by atoms with Crippen LogP contribution < -0.4 is 16.4 Å². The molecule has 17 heteroatoms. The second-order valence-corrected chi connectivity index (χ2v) is 13.7. The standard InChI is InChI=1S/C28H25F4N7O4S2/c1-14-19(12-33)25(34)39(38-14)17-6-2-15(3-7-17)18-10-22-21(11-20(18)29)37-27(44-22)24(45(42,43)9-8-28(30,31)32)26(41)35-13-23(40)36-16-4-5-16/h2-3,6-7,10-11,16,24H,4-5,8-9,13,34H2,1H3,(H,35,41)(H,36,40). The van der Waals surface area contributed by atoms with E-state index in [1.807, 2.05) is 6.07 Å². The third-order valence-corrected chi connectivity index (χ3v) is 10.1. The van der Waals surface area contributed by atoms with E-state index < -0.39 is 57.6 Å². The van der Waals surface area contributed by atoms with Gasteiger partial charge in [0, 0.05) is 17.7 Å². The predicted molar refractivity (Wildman–Crippen MR) is 157 cm³/mol. The molecule has 2 heterocycles. The van der Waals surface area contributed by atoms with Crippen LogP contribution in [0.2, 0.25) is 0 Å². The Balaban J connectivity index is 1.46. The van der Waals surface area contributed by atoms with Gasteiger partial charge in [0.05, 0.1) is 40.3 Å². The molecule has 5 rings (SSSR count). The second kappa shape index (κ2) is 12.1. The number of rotatable bonds is 10. The molecule has 1 saturated carbocycles. The highest BCUT2D eigenvalue weighted by molar-refractivity contribution is 7.92. The van der Waals surface area contributed by atoms with Crippen molar-refractivity contribution in [3.8, 4) is 22.9 Å². The monoisotopic (exact) mass is 663 g/mol. The van der Waals surface area contributed by atoms with Crippen LogP contribution in [0.25, 0.3) is 27.0 Å². The summed E-state index contributed by atoms with van der Waals surface area (Å²) in [5, 5.41) is 15.8. The number of thiazole rings is 1. The summed E-state index contributed by atoms with van der Waals surface area (Å²) in [6.45, 7) is 1.05. The number of anilines is 1. The maximum absolute atomic E-state index is 15.3. The number of amides is 2. The SMILES string of the molecule is Cc1nn(-c2ccc(-c3cc4sc(C(C(=O)NCC(=O)NC5CC5)S(=O)(=O)CCC(F)(F)F)nc4cc3F)cc2)c(N)c1C#N. The zero-order valence-electron chi connectivity index (χ0n) is 23.5. The largest absolute Gasteiger partial charge is 0.390 e. The fourth-order valence-electron chi connectivity index (χ4n) is 4.53. The molecule has 0 saturated heterocycles. The molecule has 2 amide bonds. The minimum Gasteiger partial charge on any atom is -0.382 e. The van der Waals surface area contributed by atoms with Crippen LogP contribution in [0.1, 0.15) is 40.8 Å². The van der Waals surface area contributed by atoms with Gasteiger partial charge in [0.1, 0.15) is 28.3 Å². The molecule has 4 N–H and O–H groups in total. The molecule has 2 aromatic carbocycles. The van der Waals surface area contributed by atoms with Crippen molar-refractivity contribution in [2.75, 3.05) is 18.0 Å². The first-order valence-electron chi connectivity index (χ1n) is 13.5. The van der Waals surface area contributed by atoms with Gasteiger partial charge < -0.3 is 16.4 Å². The first-order chi connectivity index (χ1) is 21.2. The molecular weight excluding hydrogens is 638 g/mol. The Kier molecular flexibility index (Phi) is 8.55. The van der Waals surface area contributed by atoms with Crippen LogP contribution in [0.4, 0.5) is 23.4 Å². The van der Waals surface area contributed by atoms with E-state index in [1.54, 1.807) is 31.2 Å². The number of nitriles is 1. The lowest BCUT2D eigenvalue weighted by molar-refractivity contribution is -0.130. The first kappa shape index (κ1) is 31.9. The number of halogens is 4. The predicted octanol–water partition coefficient (Wildman–Crippen LogP) is 3.85. The molecule has 0 aliphatic heterocycles. The summed E-state index contributed by atoms with van der Waals surface area (Å²) in [7, 11) is -4.77. The molecule has 0 radical (unpaired) electrons. The zero-order valence-corrected chi connectivity index (χ0v) is 25.1. The fourth-order valence-corrected chi connectivity index (χ4v) is 7.61. The maximum atomic E-state index is 15.3. The minimum absolute atomic E-state index is 0.00742. The van der Waals surface area contributed by atoms with Gasteiger partial charge in [-0.1, -0.05) is 12.1 Å². The third kappa shape index (κ3) is 7.07. The highest BCUT2D eigenvalue weighted by Gasteiger charge is 2.40. The summed E-state index contributed by atoms with van der Waals surface area (Å²) in [5.41, 5.74) is 7.69. The van der Waals surface area contributed by atoms with Crippen LogP contribution in [0.5, 0.6) is 0 Å². The van der Waals surface area contributed by atoms with Crippen molar-refractivity contribution >= 4 is 49.0 Å². The normalized spacial score (nSPS) is 14.2. The van der Waals surface area contributed by atoms with E-state index in [2.05, 4.69) is 20.7 Å². The number of carbonyl (C=O) groups excluding carboxylic acids is 2. The van der Waals surface area contributed by atoms with Crippen LogP contribution in [0.15, 0.2) is 36.4 Å². The lowest BCUT2D eigenvalue weighted by Gasteiger charge is -2.16. The van der Waals surface area contributed by atoms with Crippen LogP contribution in [-0.2, 0) is 19.4 Å². The van der Waals surface area contributed by atoms with Crippen LogP contribution in [0, 0.1) is 24.1 Å². The molecule has 1 fully saturated rings. The van der Waals surface area contributed by atoms with E-state index in [9.17, 15) is 36.4 Å². The van der Waals surface area contributed by atoms with E-state index in [4.69, 9.17) is 5.73 Å². The number of hydrogen-bond acceptors (Lipinski definition) is 9. The van der Waals surface area contributed by atoms with E-state index in [-0.39, 0.29) is 38.2 Å². The Morgan fingerprint density at radius 2 is 1.91 bits per heavy atom. The number of nitrogens with one attached hydrogen (secondary N) is 2. The van der Waals surface area contributed by atoms with Gasteiger partial charge in [0.15, 0.2) is 15.1 Å². The van der Waals surface area contributed by atoms with Crippen LogP contribution >= 0.6 is 11.3 Å². The molecule has 1 aliphatic carbocycles. The number of fused-ring (bicyclic) bond motifs is 1. The number of sulfone groups is 1. The van der Waals surface area contributed by atoms with E-state index in [0.29, 0.717) is 28.3 Å². The van der Waals surface area contributed by atoms with Crippen molar-refractivity contribution in [3.05, 3.63) is 58.5 Å². The third-order valence-electron chi connectivity index (χ3n) is 6.98. The van der Waals surface area contributed by atoms with Gasteiger partial charge in [-0.15, -0.1) is 11.3 Å². The molecule has 236 valence electrons. The van der Waals surface area contributed by atoms with Gasteiger partial charge in [-0.05, 0) is 43.5 Å². The molecule has 0 spiro atoms. The Bertz CT molecular complexity index is 1940. The molecule has 1 unspecified atom stereocenters. The topological polar surface area (TPSA) is 173 Å². The average molecular weight is 664 g/mol. The summed E-state index contributed by atoms with van der Waals surface area (Å²) in [5.74, 6) is -3.77. The summed E-state index contributed by atoms with van der Waals surface area (Å²) in [6.07, 6.45) is -4.96. The Morgan fingerprint density at radius 3 is 2.51 bits per heavy atom. The molecule has 4 aromatic rings. The zero-order chi connectivity index (χ0) is 32.7. The number of nitrogens with two attached hydrogens (primary N) is 1. The summed E-state index contributed by atoms with van der Waals surface area (Å²) in [6, 6.07) is 10.7. The lowest BCUT2D eigenvalue weighted by Crippen LogP contribution is -2.41. The van der Waals surface area contributed by atoms with Gasteiger partial charge in [-0.2, -0.15) is 23.5 Å². The number of hydrogen-bond donors (Lipinski definition) is 3. The molecule has 2 aromatic heterocycles. The number of nitrogens with zero attached hydrogens (tertiary/aromatic N) is 4. The second-order valence-electron chi connectivity index (χ2n) is 10.4. The van der Waals surface area contributed by atoms with Gasteiger partial charge in [-0.25, -0.2) is 22.5 Å². The van der Waals surface area contributed by atoms with Crippen LogP contribution in [0.3, 0.4) is 0 Å².